The molecule has 4 rings (SSSR count). The summed E-state index contributed by atoms with van der Waals surface area (Å²) >= 11 is 6.10. The fourth-order valence-electron chi connectivity index (χ4n) is 2.79. The maximum absolute atomic E-state index is 12.5. The van der Waals surface area contributed by atoms with Crippen LogP contribution in [0.15, 0.2) is 36.4 Å². The van der Waals surface area contributed by atoms with Gasteiger partial charge in [0.05, 0.1) is 13.2 Å². The number of hydrogen-bond donors (Lipinski definition) is 1. The van der Waals surface area contributed by atoms with E-state index in [4.69, 9.17) is 21.1 Å². The zero-order chi connectivity index (χ0) is 16.7. The van der Waals surface area contributed by atoms with E-state index in [1.807, 2.05) is 19.1 Å². The molecule has 0 saturated heterocycles. The molecule has 1 saturated carbocycles. The second kappa shape index (κ2) is 5.71. The summed E-state index contributed by atoms with van der Waals surface area (Å²) in [6.07, 6.45) is 2.28. The van der Waals surface area contributed by atoms with Crippen molar-refractivity contribution in [2.24, 2.45) is 5.41 Å². The summed E-state index contributed by atoms with van der Waals surface area (Å²) in [4.78, 5) is 12.5. The molecule has 24 heavy (non-hydrogen) atoms. The average Bonchev–Trinajstić information content (AvgIpc) is 3.38. The Hall–Kier alpha value is -2.20. The van der Waals surface area contributed by atoms with E-state index in [1.165, 1.54) is 0 Å². The van der Waals surface area contributed by atoms with Crippen LogP contribution in [-0.2, 0) is 0 Å². The van der Waals surface area contributed by atoms with Gasteiger partial charge in [0, 0.05) is 21.7 Å². The van der Waals surface area contributed by atoms with Gasteiger partial charge in [-0.25, -0.2) is 0 Å². The molecule has 0 unspecified atom stereocenters. The fourth-order valence-corrected chi connectivity index (χ4v) is 2.96. The number of carbonyl (C=O) groups excluding carboxylic acids is 1. The first-order valence-electron chi connectivity index (χ1n) is 8.02. The Morgan fingerprint density at radius 2 is 1.88 bits per heavy atom. The number of fused-ring (bicyclic) bond motifs is 1. The van der Waals surface area contributed by atoms with Crippen LogP contribution in [0.3, 0.4) is 0 Å². The zero-order valence-corrected chi connectivity index (χ0v) is 14.2. The highest BCUT2D eigenvalue weighted by Crippen LogP contribution is 2.49. The number of benzene rings is 2. The molecule has 5 heteroatoms. The highest BCUT2D eigenvalue weighted by molar-refractivity contribution is 6.31. The average molecular weight is 344 g/mol. The van der Waals surface area contributed by atoms with Crippen LogP contribution in [0.5, 0.6) is 11.5 Å². The quantitative estimate of drug-likeness (QED) is 0.876. The third kappa shape index (κ3) is 2.82. The Balaban J connectivity index is 1.55. The Kier molecular flexibility index (Phi) is 3.65. The van der Waals surface area contributed by atoms with Gasteiger partial charge < -0.3 is 14.8 Å². The summed E-state index contributed by atoms with van der Waals surface area (Å²) in [5.41, 5.74) is 2.26. The van der Waals surface area contributed by atoms with Crippen molar-refractivity contribution in [3.05, 3.63) is 52.5 Å². The molecule has 124 valence electrons. The third-order valence-electron chi connectivity index (χ3n) is 4.75. The standard InChI is InChI=1S/C19H18ClNO3/c1-12-14(20)3-2-4-15(12)21-18(22)13-5-6-16-17(9-13)24-11-19(7-8-19)10-23-16/h2-6,9H,7-8,10-11H2,1H3,(H,21,22). The molecule has 0 aromatic heterocycles. The van der Waals surface area contributed by atoms with Gasteiger partial charge in [0.25, 0.3) is 5.91 Å². The normalized spacial score (nSPS) is 17.2. The maximum atomic E-state index is 12.5. The van der Waals surface area contributed by atoms with Crippen LogP contribution in [0.1, 0.15) is 28.8 Å². The summed E-state index contributed by atoms with van der Waals surface area (Å²) in [6.45, 7) is 3.22. The lowest BCUT2D eigenvalue weighted by Crippen LogP contribution is -2.17. The molecule has 1 aliphatic heterocycles. The van der Waals surface area contributed by atoms with Crippen LogP contribution >= 0.6 is 11.6 Å². The molecule has 1 heterocycles. The fraction of sp³-hybridized carbons (Fsp3) is 0.316. The number of ether oxygens (including phenoxy) is 2. The molecule has 0 bridgehead atoms. The number of anilines is 1. The van der Waals surface area contributed by atoms with Crippen molar-refractivity contribution < 1.29 is 14.3 Å². The molecule has 2 aromatic rings. The molecular formula is C19H18ClNO3. The first-order chi connectivity index (χ1) is 11.6. The van der Waals surface area contributed by atoms with Gasteiger partial charge in [-0.15, -0.1) is 0 Å². The van der Waals surface area contributed by atoms with Crippen molar-refractivity contribution in [3.8, 4) is 11.5 Å². The van der Waals surface area contributed by atoms with Crippen LogP contribution in [0, 0.1) is 12.3 Å². The number of carbonyl (C=O) groups is 1. The highest BCUT2D eigenvalue weighted by atomic mass is 35.5. The molecule has 1 amide bonds. The van der Waals surface area contributed by atoms with E-state index in [0.29, 0.717) is 41.0 Å². The van der Waals surface area contributed by atoms with Gasteiger partial charge in [-0.1, -0.05) is 17.7 Å². The number of halogens is 1. The van der Waals surface area contributed by atoms with Crippen molar-refractivity contribution in [1.82, 2.24) is 0 Å². The summed E-state index contributed by atoms with van der Waals surface area (Å²) in [7, 11) is 0. The van der Waals surface area contributed by atoms with E-state index in [2.05, 4.69) is 5.32 Å². The Morgan fingerprint density at radius 1 is 1.12 bits per heavy atom. The number of nitrogens with one attached hydrogen (secondary N) is 1. The minimum atomic E-state index is -0.197. The molecule has 0 atom stereocenters. The molecule has 2 aliphatic rings. The molecule has 1 aliphatic carbocycles. The van der Waals surface area contributed by atoms with Crippen molar-refractivity contribution in [1.29, 1.82) is 0 Å². The first-order valence-corrected chi connectivity index (χ1v) is 8.40. The Bertz CT molecular complexity index is 814. The lowest BCUT2D eigenvalue weighted by molar-refractivity contribution is 0.102. The lowest BCUT2D eigenvalue weighted by atomic mass is 10.1. The van der Waals surface area contributed by atoms with Crippen molar-refractivity contribution >= 4 is 23.2 Å². The first kappa shape index (κ1) is 15.3. The smallest absolute Gasteiger partial charge is 0.255 e. The number of amides is 1. The van der Waals surface area contributed by atoms with Gasteiger partial charge in [-0.3, -0.25) is 4.79 Å². The van der Waals surface area contributed by atoms with Crippen LogP contribution in [-0.4, -0.2) is 19.1 Å². The second-order valence-electron chi connectivity index (χ2n) is 6.61. The van der Waals surface area contributed by atoms with Gasteiger partial charge in [0.15, 0.2) is 11.5 Å². The van der Waals surface area contributed by atoms with Gasteiger partial charge in [0.1, 0.15) is 0 Å². The van der Waals surface area contributed by atoms with Gasteiger partial charge in [-0.2, -0.15) is 0 Å². The summed E-state index contributed by atoms with van der Waals surface area (Å²) in [5, 5.41) is 3.52. The van der Waals surface area contributed by atoms with Crippen molar-refractivity contribution in [3.63, 3.8) is 0 Å². The van der Waals surface area contributed by atoms with Gasteiger partial charge in [0.2, 0.25) is 0 Å². The van der Waals surface area contributed by atoms with Crippen molar-refractivity contribution in [2.75, 3.05) is 18.5 Å². The van der Waals surface area contributed by atoms with E-state index in [-0.39, 0.29) is 11.3 Å². The maximum Gasteiger partial charge on any atom is 0.255 e. The molecule has 0 radical (unpaired) electrons. The monoisotopic (exact) mass is 343 g/mol. The molecule has 2 aromatic carbocycles. The second-order valence-corrected chi connectivity index (χ2v) is 7.01. The summed E-state index contributed by atoms with van der Waals surface area (Å²) in [5.74, 6) is 1.14. The van der Waals surface area contributed by atoms with Crippen LogP contribution < -0.4 is 14.8 Å². The summed E-state index contributed by atoms with van der Waals surface area (Å²) < 4.78 is 11.7. The number of rotatable bonds is 2. The SMILES string of the molecule is Cc1c(Cl)cccc1NC(=O)c1ccc2c(c1)OCC1(CC1)CO2. The minimum Gasteiger partial charge on any atom is -0.489 e. The summed E-state index contributed by atoms with van der Waals surface area (Å²) in [6, 6.07) is 10.7. The molecule has 1 N–H and O–H groups in total. The molecular weight excluding hydrogens is 326 g/mol. The van der Waals surface area contributed by atoms with Crippen LogP contribution in [0.25, 0.3) is 0 Å². The zero-order valence-electron chi connectivity index (χ0n) is 13.4. The lowest BCUT2D eigenvalue weighted by Gasteiger charge is -2.11. The minimum absolute atomic E-state index is 0.180. The van der Waals surface area contributed by atoms with Crippen LogP contribution in [0.4, 0.5) is 5.69 Å². The van der Waals surface area contributed by atoms with Gasteiger partial charge >= 0.3 is 0 Å². The largest absolute Gasteiger partial charge is 0.489 e. The Labute approximate surface area is 145 Å². The van der Waals surface area contributed by atoms with Crippen molar-refractivity contribution in [2.45, 2.75) is 19.8 Å². The van der Waals surface area contributed by atoms with E-state index in [1.54, 1.807) is 24.3 Å². The highest BCUT2D eigenvalue weighted by Gasteiger charge is 2.46. The number of hydrogen-bond acceptors (Lipinski definition) is 3. The van der Waals surface area contributed by atoms with E-state index >= 15 is 0 Å². The van der Waals surface area contributed by atoms with E-state index < -0.39 is 0 Å². The molecule has 1 fully saturated rings. The Morgan fingerprint density at radius 3 is 2.62 bits per heavy atom. The topological polar surface area (TPSA) is 47.6 Å². The van der Waals surface area contributed by atoms with E-state index in [9.17, 15) is 4.79 Å². The third-order valence-corrected chi connectivity index (χ3v) is 5.16. The molecule has 4 nitrogen and oxygen atoms in total. The molecule has 1 spiro atoms. The predicted octanol–water partition coefficient (Wildman–Crippen LogP) is 4.45. The predicted molar refractivity (Wildman–Crippen MR) is 93.2 cm³/mol. The van der Waals surface area contributed by atoms with Gasteiger partial charge in [-0.05, 0) is 55.7 Å². The van der Waals surface area contributed by atoms with E-state index in [0.717, 1.165) is 18.4 Å². The van der Waals surface area contributed by atoms with Crippen LogP contribution in [0.2, 0.25) is 5.02 Å².